The molecule has 3 N–H and O–H groups in total. The van der Waals surface area contributed by atoms with Crippen molar-refractivity contribution in [2.45, 2.75) is 13.0 Å². The van der Waals surface area contributed by atoms with Crippen molar-refractivity contribution in [3.8, 4) is 0 Å². The summed E-state index contributed by atoms with van der Waals surface area (Å²) in [6.45, 7) is 2.57. The Hall–Kier alpha value is -2.15. The third-order valence-corrected chi connectivity index (χ3v) is 3.23. The van der Waals surface area contributed by atoms with E-state index in [0.717, 1.165) is 0 Å². The maximum atomic E-state index is 13.3. The van der Waals surface area contributed by atoms with E-state index in [1.165, 1.54) is 17.0 Å². The van der Waals surface area contributed by atoms with Gasteiger partial charge in [-0.2, -0.15) is 0 Å². The number of morpholine rings is 1. The average molecular weight is 281 g/mol. The van der Waals surface area contributed by atoms with Crippen molar-refractivity contribution in [1.82, 2.24) is 4.90 Å². The molecule has 1 heterocycles. The third-order valence-electron chi connectivity index (χ3n) is 3.23. The van der Waals surface area contributed by atoms with Crippen LogP contribution in [0.2, 0.25) is 0 Å². The Morgan fingerprint density at radius 3 is 3.05 bits per heavy atom. The summed E-state index contributed by atoms with van der Waals surface area (Å²) in [7, 11) is 0. The van der Waals surface area contributed by atoms with Gasteiger partial charge in [0.25, 0.3) is 5.91 Å². The molecule has 1 atom stereocenters. The number of rotatable bonds is 2. The number of amidine groups is 1. The summed E-state index contributed by atoms with van der Waals surface area (Å²) in [5.74, 6) is -0.834. The first kappa shape index (κ1) is 14.3. The molecule has 2 rings (SSSR count). The minimum atomic E-state index is -0.647. The molecule has 0 spiro atoms. The lowest BCUT2D eigenvalue weighted by Gasteiger charge is -2.32. The number of carbonyl (C=O) groups is 1. The number of aryl methyl sites for hydroxylation is 1. The van der Waals surface area contributed by atoms with Crippen LogP contribution in [0.5, 0.6) is 0 Å². The van der Waals surface area contributed by atoms with Gasteiger partial charge in [-0.25, -0.2) is 4.39 Å². The zero-order valence-corrected chi connectivity index (χ0v) is 11.0. The highest BCUT2D eigenvalue weighted by Gasteiger charge is 2.28. The van der Waals surface area contributed by atoms with Crippen molar-refractivity contribution in [2.24, 2.45) is 10.9 Å². The third kappa shape index (κ3) is 2.88. The monoisotopic (exact) mass is 281 g/mol. The molecule has 0 aliphatic carbocycles. The van der Waals surface area contributed by atoms with Crippen LogP contribution >= 0.6 is 0 Å². The Morgan fingerprint density at radius 2 is 2.35 bits per heavy atom. The molecule has 1 aromatic carbocycles. The van der Waals surface area contributed by atoms with Gasteiger partial charge in [-0.1, -0.05) is 11.2 Å². The number of oxime groups is 1. The fraction of sp³-hybridized carbons (Fsp3) is 0.385. The van der Waals surface area contributed by atoms with E-state index in [0.29, 0.717) is 17.7 Å². The van der Waals surface area contributed by atoms with Crippen LogP contribution in [0.25, 0.3) is 0 Å². The summed E-state index contributed by atoms with van der Waals surface area (Å²) in [4.78, 5) is 13.9. The number of nitrogens with zero attached hydrogens (tertiary/aromatic N) is 2. The van der Waals surface area contributed by atoms with E-state index in [1.807, 2.05) is 0 Å². The number of nitrogens with two attached hydrogens (primary N) is 1. The molecule has 1 aliphatic heterocycles. The van der Waals surface area contributed by atoms with Gasteiger partial charge in [-0.3, -0.25) is 4.79 Å². The summed E-state index contributed by atoms with van der Waals surface area (Å²) in [5.41, 5.74) is 6.49. The lowest BCUT2D eigenvalue weighted by molar-refractivity contribution is 0.00670. The van der Waals surface area contributed by atoms with Crippen LogP contribution in [0.15, 0.2) is 23.4 Å². The van der Waals surface area contributed by atoms with E-state index in [4.69, 9.17) is 15.7 Å². The summed E-state index contributed by atoms with van der Waals surface area (Å²) in [5, 5.41) is 11.5. The molecule has 0 saturated carbocycles. The maximum Gasteiger partial charge on any atom is 0.254 e. The second-order valence-corrected chi connectivity index (χ2v) is 4.59. The topological polar surface area (TPSA) is 88.2 Å². The molecule has 20 heavy (non-hydrogen) atoms. The number of halogens is 1. The number of benzene rings is 1. The minimum absolute atomic E-state index is 0.0848. The van der Waals surface area contributed by atoms with Crippen LogP contribution in [0.1, 0.15) is 15.9 Å². The molecule has 1 fully saturated rings. The number of hydrogen-bond acceptors (Lipinski definition) is 4. The highest BCUT2D eigenvalue weighted by molar-refractivity contribution is 5.96. The fourth-order valence-corrected chi connectivity index (χ4v) is 2.07. The minimum Gasteiger partial charge on any atom is -0.409 e. The first-order valence-electron chi connectivity index (χ1n) is 6.17. The standard InChI is InChI=1S/C13H16FN3O3/c1-8-2-3-9(14)6-10(8)13(18)17-4-5-20-11(7-17)12(15)16-19/h2-3,6,11,19H,4-5,7H2,1H3,(H2,15,16). The Kier molecular flexibility index (Phi) is 4.19. The van der Waals surface area contributed by atoms with Crippen molar-refractivity contribution in [3.05, 3.63) is 35.1 Å². The quantitative estimate of drug-likeness (QED) is 0.362. The fourth-order valence-electron chi connectivity index (χ4n) is 2.07. The molecule has 108 valence electrons. The molecular weight excluding hydrogens is 265 g/mol. The van der Waals surface area contributed by atoms with E-state index in [2.05, 4.69) is 5.16 Å². The smallest absolute Gasteiger partial charge is 0.254 e. The number of hydrogen-bond donors (Lipinski definition) is 2. The second kappa shape index (κ2) is 5.87. The van der Waals surface area contributed by atoms with E-state index in [-0.39, 0.29) is 24.9 Å². The van der Waals surface area contributed by atoms with E-state index >= 15 is 0 Å². The molecule has 0 aromatic heterocycles. The van der Waals surface area contributed by atoms with Crippen molar-refractivity contribution >= 4 is 11.7 Å². The average Bonchev–Trinajstić information content (AvgIpc) is 2.48. The number of amides is 1. The van der Waals surface area contributed by atoms with Crippen LogP contribution in [0.3, 0.4) is 0 Å². The van der Waals surface area contributed by atoms with Gasteiger partial charge in [0.05, 0.1) is 13.2 Å². The predicted octanol–water partition coefficient (Wildman–Crippen LogP) is 0.722. The van der Waals surface area contributed by atoms with Crippen LogP contribution in [0, 0.1) is 12.7 Å². The second-order valence-electron chi connectivity index (χ2n) is 4.59. The van der Waals surface area contributed by atoms with Crippen molar-refractivity contribution in [2.75, 3.05) is 19.7 Å². The summed E-state index contributed by atoms with van der Waals surface area (Å²) < 4.78 is 18.6. The largest absolute Gasteiger partial charge is 0.409 e. The Labute approximate surface area is 115 Å². The van der Waals surface area contributed by atoms with Gasteiger partial charge < -0.3 is 20.6 Å². The van der Waals surface area contributed by atoms with Crippen LogP contribution < -0.4 is 5.73 Å². The van der Waals surface area contributed by atoms with Gasteiger partial charge >= 0.3 is 0 Å². The molecule has 1 amide bonds. The predicted molar refractivity (Wildman–Crippen MR) is 70.2 cm³/mol. The van der Waals surface area contributed by atoms with Gasteiger partial charge in [0.2, 0.25) is 0 Å². The molecule has 6 nitrogen and oxygen atoms in total. The van der Waals surface area contributed by atoms with Crippen molar-refractivity contribution < 1.29 is 19.1 Å². The lowest BCUT2D eigenvalue weighted by Crippen LogP contribution is -2.50. The Morgan fingerprint density at radius 1 is 1.60 bits per heavy atom. The normalized spacial score (nSPS) is 20.0. The van der Waals surface area contributed by atoms with Crippen LogP contribution in [-0.4, -0.2) is 47.7 Å². The summed E-state index contributed by atoms with van der Waals surface area (Å²) >= 11 is 0. The summed E-state index contributed by atoms with van der Waals surface area (Å²) in [6, 6.07) is 4.08. The molecule has 1 saturated heterocycles. The Bertz CT molecular complexity index is 548. The molecule has 7 heteroatoms. The highest BCUT2D eigenvalue weighted by Crippen LogP contribution is 2.15. The zero-order chi connectivity index (χ0) is 14.7. The van der Waals surface area contributed by atoms with Crippen molar-refractivity contribution in [3.63, 3.8) is 0 Å². The van der Waals surface area contributed by atoms with E-state index in [9.17, 15) is 9.18 Å². The Balaban J connectivity index is 2.18. The zero-order valence-electron chi connectivity index (χ0n) is 11.0. The number of carbonyl (C=O) groups excluding carboxylic acids is 1. The summed E-state index contributed by atoms with van der Waals surface area (Å²) in [6.07, 6.45) is -0.647. The molecule has 1 aliphatic rings. The lowest BCUT2D eigenvalue weighted by atomic mass is 10.1. The molecule has 0 bridgehead atoms. The van der Waals surface area contributed by atoms with Crippen LogP contribution in [-0.2, 0) is 4.74 Å². The highest BCUT2D eigenvalue weighted by atomic mass is 19.1. The first-order chi connectivity index (χ1) is 9.52. The first-order valence-corrected chi connectivity index (χ1v) is 6.17. The SMILES string of the molecule is Cc1ccc(F)cc1C(=O)N1CCOC(C(N)=NO)C1. The van der Waals surface area contributed by atoms with Gasteiger partial charge in [0.15, 0.2) is 5.84 Å². The van der Waals surface area contributed by atoms with E-state index in [1.54, 1.807) is 13.0 Å². The van der Waals surface area contributed by atoms with Crippen molar-refractivity contribution in [1.29, 1.82) is 0 Å². The molecule has 0 radical (unpaired) electrons. The van der Waals surface area contributed by atoms with Gasteiger partial charge in [0, 0.05) is 12.1 Å². The van der Waals surface area contributed by atoms with Gasteiger partial charge in [0.1, 0.15) is 11.9 Å². The maximum absolute atomic E-state index is 13.3. The molecule has 1 unspecified atom stereocenters. The molecular formula is C13H16FN3O3. The number of ether oxygens (including phenoxy) is 1. The molecule has 1 aromatic rings. The van der Waals surface area contributed by atoms with Crippen LogP contribution in [0.4, 0.5) is 4.39 Å². The van der Waals surface area contributed by atoms with Gasteiger partial charge in [-0.15, -0.1) is 0 Å². The van der Waals surface area contributed by atoms with E-state index < -0.39 is 11.9 Å². The van der Waals surface area contributed by atoms with Gasteiger partial charge in [-0.05, 0) is 24.6 Å².